The molecule has 2 aliphatic heterocycles. The standard InChI is InChI=1S/C31H36FN3O7S/c1-20-15-35(21(2)18-36)31(37)14-23-13-25(33-43(38,39)26-8-5-24(32)6-9-26)7-11-27(23)42-30(20)17-34(3)16-22-4-10-28-29(12-22)41-19-40-28/h4-13,20-21,30,33,36H,14-19H2,1-3H3/t20-,21+,30-/m0/s1. The second-order valence-electron chi connectivity index (χ2n) is 11.2. The van der Waals surface area contributed by atoms with Crippen molar-refractivity contribution >= 4 is 21.6 Å². The van der Waals surface area contributed by atoms with E-state index in [9.17, 15) is 22.7 Å². The zero-order valence-corrected chi connectivity index (χ0v) is 25.1. The van der Waals surface area contributed by atoms with Crippen molar-refractivity contribution in [2.75, 3.05) is 38.3 Å². The number of likely N-dealkylation sites (N-methyl/N-ethyl adjacent to an activating group) is 1. The fourth-order valence-corrected chi connectivity index (χ4v) is 6.31. The number of fused-ring (bicyclic) bond motifs is 2. The Kier molecular flexibility index (Phi) is 9.09. The monoisotopic (exact) mass is 613 g/mol. The number of benzene rings is 3. The molecule has 2 N–H and O–H groups in total. The SMILES string of the molecule is C[C@H](CO)N1C[C@H](C)[C@H](CN(C)Cc2ccc3c(c2)OCO3)Oc2ccc(NS(=O)(=O)c3ccc(F)cc3)cc2CC1=O. The van der Waals surface area contributed by atoms with Crippen LogP contribution in [-0.4, -0.2) is 74.9 Å². The summed E-state index contributed by atoms with van der Waals surface area (Å²) in [5.74, 6) is 1.07. The second-order valence-corrected chi connectivity index (χ2v) is 12.8. The van der Waals surface area contributed by atoms with Gasteiger partial charge in [0.2, 0.25) is 12.7 Å². The van der Waals surface area contributed by atoms with Gasteiger partial charge in [-0.25, -0.2) is 12.8 Å². The molecule has 3 atom stereocenters. The van der Waals surface area contributed by atoms with Gasteiger partial charge in [-0.1, -0.05) is 13.0 Å². The third kappa shape index (κ3) is 7.20. The molecule has 0 saturated carbocycles. The molecular weight excluding hydrogens is 577 g/mol. The van der Waals surface area contributed by atoms with E-state index in [1.807, 2.05) is 32.2 Å². The summed E-state index contributed by atoms with van der Waals surface area (Å²) in [5, 5.41) is 9.91. The lowest BCUT2D eigenvalue weighted by Gasteiger charge is -2.34. The second kappa shape index (κ2) is 12.8. The predicted octanol–water partition coefficient (Wildman–Crippen LogP) is 3.64. The number of nitrogens with zero attached hydrogens (tertiary/aromatic N) is 2. The van der Waals surface area contributed by atoms with Crippen molar-refractivity contribution in [1.82, 2.24) is 9.80 Å². The number of halogens is 1. The Bertz CT molecular complexity index is 1570. The maximum Gasteiger partial charge on any atom is 0.261 e. The Hall–Kier alpha value is -3.87. The van der Waals surface area contributed by atoms with Gasteiger partial charge in [0.1, 0.15) is 17.7 Å². The molecule has 0 aromatic heterocycles. The number of carbonyl (C=O) groups excluding carboxylic acids is 1. The van der Waals surface area contributed by atoms with Crippen LogP contribution in [0.25, 0.3) is 0 Å². The van der Waals surface area contributed by atoms with E-state index in [-0.39, 0.29) is 48.3 Å². The number of anilines is 1. The van der Waals surface area contributed by atoms with Gasteiger partial charge in [0.05, 0.1) is 24.0 Å². The molecule has 0 fully saturated rings. The summed E-state index contributed by atoms with van der Waals surface area (Å²) in [7, 11) is -2.01. The van der Waals surface area contributed by atoms with Gasteiger partial charge in [0.15, 0.2) is 11.5 Å². The van der Waals surface area contributed by atoms with Crippen LogP contribution < -0.4 is 18.9 Å². The van der Waals surface area contributed by atoms with Crippen LogP contribution in [0.3, 0.4) is 0 Å². The van der Waals surface area contributed by atoms with Gasteiger partial charge in [0, 0.05) is 36.8 Å². The first-order valence-corrected chi connectivity index (χ1v) is 15.6. The van der Waals surface area contributed by atoms with Gasteiger partial charge in [-0.05, 0) is 74.1 Å². The Labute approximate surface area is 251 Å². The molecule has 3 aromatic carbocycles. The van der Waals surface area contributed by atoms with Gasteiger partial charge >= 0.3 is 0 Å². The van der Waals surface area contributed by atoms with E-state index in [1.165, 1.54) is 12.1 Å². The molecule has 2 heterocycles. The van der Waals surface area contributed by atoms with Gasteiger partial charge in [-0.2, -0.15) is 0 Å². The summed E-state index contributed by atoms with van der Waals surface area (Å²) in [6.07, 6.45) is -0.378. The third-order valence-electron chi connectivity index (χ3n) is 7.67. The average molecular weight is 614 g/mol. The minimum atomic E-state index is -4.00. The number of hydrogen-bond donors (Lipinski definition) is 2. The van der Waals surface area contributed by atoms with Crippen molar-refractivity contribution in [3.8, 4) is 17.2 Å². The van der Waals surface area contributed by atoms with Crippen LogP contribution >= 0.6 is 0 Å². The van der Waals surface area contributed by atoms with Gasteiger partial charge in [-0.15, -0.1) is 0 Å². The fourth-order valence-electron chi connectivity index (χ4n) is 5.26. The van der Waals surface area contributed by atoms with E-state index < -0.39 is 21.9 Å². The Morgan fingerprint density at radius 3 is 2.53 bits per heavy atom. The molecule has 0 aliphatic carbocycles. The summed E-state index contributed by atoms with van der Waals surface area (Å²) in [6.45, 7) is 5.34. The van der Waals surface area contributed by atoms with E-state index in [1.54, 1.807) is 30.0 Å². The van der Waals surface area contributed by atoms with E-state index in [0.29, 0.717) is 36.7 Å². The molecule has 0 unspecified atom stereocenters. The predicted molar refractivity (Wildman–Crippen MR) is 158 cm³/mol. The van der Waals surface area contributed by atoms with Crippen molar-refractivity contribution in [3.05, 3.63) is 77.6 Å². The van der Waals surface area contributed by atoms with Crippen molar-refractivity contribution in [1.29, 1.82) is 0 Å². The summed E-state index contributed by atoms with van der Waals surface area (Å²) in [4.78, 5) is 17.2. The third-order valence-corrected chi connectivity index (χ3v) is 9.07. The van der Waals surface area contributed by atoms with Gasteiger partial charge < -0.3 is 24.2 Å². The van der Waals surface area contributed by atoms with Crippen LogP contribution in [0.5, 0.6) is 17.2 Å². The fraction of sp³-hybridized carbons (Fsp3) is 0.387. The van der Waals surface area contributed by atoms with Crippen LogP contribution in [0.4, 0.5) is 10.1 Å². The zero-order chi connectivity index (χ0) is 30.7. The lowest BCUT2D eigenvalue weighted by atomic mass is 10.0. The molecule has 3 aromatic rings. The molecule has 0 saturated heterocycles. The highest BCUT2D eigenvalue weighted by Crippen LogP contribution is 2.33. The lowest BCUT2D eigenvalue weighted by Crippen LogP contribution is -2.47. The number of rotatable bonds is 9. The van der Waals surface area contributed by atoms with Crippen molar-refractivity contribution in [2.24, 2.45) is 5.92 Å². The molecule has 230 valence electrons. The molecule has 5 rings (SSSR count). The molecule has 10 nitrogen and oxygen atoms in total. The average Bonchev–Trinajstić information content (AvgIpc) is 3.45. The number of aliphatic hydroxyl groups excluding tert-OH is 1. The first kappa shape index (κ1) is 30.6. The molecule has 43 heavy (non-hydrogen) atoms. The molecule has 12 heteroatoms. The Morgan fingerprint density at radius 2 is 1.79 bits per heavy atom. The van der Waals surface area contributed by atoms with Gasteiger partial charge in [-0.3, -0.25) is 14.4 Å². The molecule has 1 amide bonds. The highest BCUT2D eigenvalue weighted by molar-refractivity contribution is 7.92. The van der Waals surface area contributed by atoms with Crippen LogP contribution in [0.15, 0.2) is 65.6 Å². The zero-order valence-electron chi connectivity index (χ0n) is 24.3. The number of aliphatic hydroxyl groups is 1. The van der Waals surface area contributed by atoms with Crippen LogP contribution in [-0.2, 0) is 27.8 Å². The van der Waals surface area contributed by atoms with Crippen molar-refractivity contribution < 1.29 is 36.9 Å². The maximum atomic E-state index is 13.5. The van der Waals surface area contributed by atoms with Crippen molar-refractivity contribution in [3.63, 3.8) is 0 Å². The smallest absolute Gasteiger partial charge is 0.261 e. The Balaban J connectivity index is 1.40. The number of ether oxygens (including phenoxy) is 3. The highest BCUT2D eigenvalue weighted by Gasteiger charge is 2.31. The quantitative estimate of drug-likeness (QED) is 0.376. The molecule has 0 radical (unpaired) electrons. The maximum absolute atomic E-state index is 13.5. The number of sulfonamides is 1. The topological polar surface area (TPSA) is 118 Å². The van der Waals surface area contributed by atoms with Crippen LogP contribution in [0, 0.1) is 11.7 Å². The lowest BCUT2D eigenvalue weighted by molar-refractivity contribution is -0.134. The van der Waals surface area contributed by atoms with Crippen LogP contribution in [0.1, 0.15) is 25.0 Å². The van der Waals surface area contributed by atoms with E-state index in [4.69, 9.17) is 14.2 Å². The van der Waals surface area contributed by atoms with E-state index >= 15 is 0 Å². The van der Waals surface area contributed by atoms with Crippen molar-refractivity contribution in [2.45, 2.75) is 43.9 Å². The minimum absolute atomic E-state index is 0.0434. The van der Waals surface area contributed by atoms with Gasteiger partial charge in [0.25, 0.3) is 10.0 Å². The number of hydrogen-bond acceptors (Lipinski definition) is 8. The molecule has 0 bridgehead atoms. The van der Waals surface area contributed by atoms with E-state index in [0.717, 1.165) is 23.4 Å². The summed E-state index contributed by atoms with van der Waals surface area (Å²) in [6, 6.07) is 14.8. The first-order valence-electron chi connectivity index (χ1n) is 14.1. The molecule has 2 aliphatic rings. The van der Waals surface area contributed by atoms with Crippen LogP contribution in [0.2, 0.25) is 0 Å². The Morgan fingerprint density at radius 1 is 1.07 bits per heavy atom. The number of nitrogens with one attached hydrogen (secondary N) is 1. The molecule has 0 spiro atoms. The van der Waals surface area contributed by atoms with E-state index in [2.05, 4.69) is 9.62 Å². The normalized spacial score (nSPS) is 19.2. The summed E-state index contributed by atoms with van der Waals surface area (Å²) < 4.78 is 59.2. The number of carbonyl (C=O) groups is 1. The molecular formula is C31H36FN3O7S. The first-order chi connectivity index (χ1) is 20.5. The minimum Gasteiger partial charge on any atom is -0.488 e. The number of amides is 1. The summed E-state index contributed by atoms with van der Waals surface area (Å²) >= 11 is 0. The largest absolute Gasteiger partial charge is 0.488 e. The highest BCUT2D eigenvalue weighted by atomic mass is 32.2. The summed E-state index contributed by atoms with van der Waals surface area (Å²) in [5.41, 5.74) is 1.80.